The third-order valence-electron chi connectivity index (χ3n) is 1.97. The van der Waals surface area contributed by atoms with Gasteiger partial charge in [-0.05, 0) is 12.1 Å². The van der Waals surface area contributed by atoms with Crippen molar-refractivity contribution in [1.82, 2.24) is 9.88 Å². The molecular weight excluding hydrogens is 164 g/mol. The maximum Gasteiger partial charge on any atom is 0.219 e. The van der Waals surface area contributed by atoms with Crippen LogP contribution in [-0.4, -0.2) is 29.4 Å². The highest BCUT2D eigenvalue weighted by Gasteiger charge is 2.01. The number of aromatic nitrogens is 1. The van der Waals surface area contributed by atoms with Crippen LogP contribution in [0.25, 0.3) is 0 Å². The first-order valence-electron chi connectivity index (χ1n) is 4.32. The highest BCUT2D eigenvalue weighted by atomic mass is 16.2. The van der Waals surface area contributed by atoms with Crippen LogP contribution < -0.4 is 0 Å². The van der Waals surface area contributed by atoms with E-state index in [2.05, 4.69) is 4.98 Å². The topological polar surface area (TPSA) is 33.2 Å². The smallest absolute Gasteiger partial charge is 0.219 e. The van der Waals surface area contributed by atoms with Crippen molar-refractivity contribution in [2.45, 2.75) is 13.3 Å². The Labute approximate surface area is 78.4 Å². The first kappa shape index (κ1) is 9.71. The second-order valence-corrected chi connectivity index (χ2v) is 3.01. The molecule has 3 heteroatoms. The molecule has 1 rings (SSSR count). The summed E-state index contributed by atoms with van der Waals surface area (Å²) in [5, 5.41) is 0. The first-order valence-corrected chi connectivity index (χ1v) is 4.32. The van der Waals surface area contributed by atoms with E-state index in [0.717, 1.165) is 18.7 Å². The molecule has 0 N–H and O–H groups in total. The molecule has 0 aliphatic heterocycles. The van der Waals surface area contributed by atoms with Crippen LogP contribution in [0, 0.1) is 0 Å². The summed E-state index contributed by atoms with van der Waals surface area (Å²) in [7, 11) is 1.80. The van der Waals surface area contributed by atoms with Gasteiger partial charge in [-0.1, -0.05) is 6.07 Å². The number of likely N-dealkylation sites (N-methyl/N-ethyl adjacent to an activating group) is 1. The standard InChI is InChI=1S/C10H14N2O/c1-9(13)12(2)8-6-10-5-3-4-7-11-10/h3-5,7H,6,8H2,1-2H3. The van der Waals surface area contributed by atoms with Gasteiger partial charge >= 0.3 is 0 Å². The van der Waals surface area contributed by atoms with Gasteiger partial charge in [-0.3, -0.25) is 9.78 Å². The largest absolute Gasteiger partial charge is 0.346 e. The van der Waals surface area contributed by atoms with E-state index < -0.39 is 0 Å². The maximum absolute atomic E-state index is 10.9. The number of hydrogen-bond acceptors (Lipinski definition) is 2. The van der Waals surface area contributed by atoms with Crippen molar-refractivity contribution in [3.8, 4) is 0 Å². The summed E-state index contributed by atoms with van der Waals surface area (Å²) in [4.78, 5) is 16.7. The Kier molecular flexibility index (Phi) is 3.43. The molecule has 0 spiro atoms. The van der Waals surface area contributed by atoms with Crippen LogP contribution >= 0.6 is 0 Å². The lowest BCUT2D eigenvalue weighted by atomic mass is 10.2. The van der Waals surface area contributed by atoms with Crippen molar-refractivity contribution in [2.75, 3.05) is 13.6 Å². The van der Waals surface area contributed by atoms with Gasteiger partial charge in [0.05, 0.1) is 0 Å². The molecule has 0 atom stereocenters. The number of hydrogen-bond donors (Lipinski definition) is 0. The molecule has 70 valence electrons. The van der Waals surface area contributed by atoms with E-state index in [9.17, 15) is 4.79 Å². The van der Waals surface area contributed by atoms with Crippen LogP contribution in [0.3, 0.4) is 0 Å². The van der Waals surface area contributed by atoms with E-state index in [1.807, 2.05) is 18.2 Å². The number of carbonyl (C=O) groups is 1. The minimum Gasteiger partial charge on any atom is -0.346 e. The lowest BCUT2D eigenvalue weighted by Gasteiger charge is -2.13. The highest BCUT2D eigenvalue weighted by molar-refractivity contribution is 5.72. The molecule has 1 amide bonds. The quantitative estimate of drug-likeness (QED) is 0.694. The second kappa shape index (κ2) is 4.60. The summed E-state index contributed by atoms with van der Waals surface area (Å²) in [6, 6.07) is 5.81. The molecule has 13 heavy (non-hydrogen) atoms. The van der Waals surface area contributed by atoms with Gasteiger partial charge in [-0.2, -0.15) is 0 Å². The van der Waals surface area contributed by atoms with Crippen LogP contribution in [-0.2, 0) is 11.2 Å². The van der Waals surface area contributed by atoms with Crippen molar-refractivity contribution in [1.29, 1.82) is 0 Å². The molecule has 1 aromatic heterocycles. The van der Waals surface area contributed by atoms with Gasteiger partial charge < -0.3 is 4.90 Å². The van der Waals surface area contributed by atoms with E-state index >= 15 is 0 Å². The zero-order valence-electron chi connectivity index (χ0n) is 8.03. The molecule has 0 bridgehead atoms. The number of pyridine rings is 1. The predicted octanol–water partition coefficient (Wildman–Crippen LogP) is 1.10. The molecule has 0 radical (unpaired) electrons. The van der Waals surface area contributed by atoms with Crippen LogP contribution in [0.15, 0.2) is 24.4 Å². The van der Waals surface area contributed by atoms with Crippen molar-refractivity contribution >= 4 is 5.91 Å². The van der Waals surface area contributed by atoms with E-state index in [1.165, 1.54) is 0 Å². The van der Waals surface area contributed by atoms with E-state index in [-0.39, 0.29) is 5.91 Å². The summed E-state index contributed by atoms with van der Waals surface area (Å²) >= 11 is 0. The lowest BCUT2D eigenvalue weighted by Crippen LogP contribution is -2.26. The molecule has 3 nitrogen and oxygen atoms in total. The molecule has 1 heterocycles. The van der Waals surface area contributed by atoms with Gasteiger partial charge in [-0.15, -0.1) is 0 Å². The fraction of sp³-hybridized carbons (Fsp3) is 0.400. The Morgan fingerprint density at radius 3 is 2.85 bits per heavy atom. The van der Waals surface area contributed by atoms with Gasteiger partial charge in [0.2, 0.25) is 5.91 Å². The normalized spacial score (nSPS) is 9.69. The van der Waals surface area contributed by atoms with Crippen LogP contribution in [0.4, 0.5) is 0 Å². The Balaban J connectivity index is 2.39. The predicted molar refractivity (Wildman–Crippen MR) is 51.3 cm³/mol. The van der Waals surface area contributed by atoms with Gasteiger partial charge in [0.1, 0.15) is 0 Å². The number of rotatable bonds is 3. The molecule has 1 aromatic rings. The van der Waals surface area contributed by atoms with Gasteiger partial charge in [0.25, 0.3) is 0 Å². The molecule has 0 aliphatic rings. The molecular formula is C10H14N2O. The van der Waals surface area contributed by atoms with Crippen LogP contribution in [0.1, 0.15) is 12.6 Å². The zero-order valence-corrected chi connectivity index (χ0v) is 8.03. The Morgan fingerprint density at radius 2 is 2.31 bits per heavy atom. The van der Waals surface area contributed by atoms with E-state index in [1.54, 1.807) is 25.1 Å². The molecule has 0 fully saturated rings. The molecule has 0 aromatic carbocycles. The third kappa shape index (κ3) is 3.23. The van der Waals surface area contributed by atoms with Gasteiger partial charge in [0.15, 0.2) is 0 Å². The lowest BCUT2D eigenvalue weighted by molar-refractivity contribution is -0.127. The van der Waals surface area contributed by atoms with Crippen molar-refractivity contribution in [2.24, 2.45) is 0 Å². The summed E-state index contributed by atoms with van der Waals surface area (Å²) in [5.41, 5.74) is 1.02. The van der Waals surface area contributed by atoms with Crippen LogP contribution in [0.2, 0.25) is 0 Å². The van der Waals surface area contributed by atoms with Crippen LogP contribution in [0.5, 0.6) is 0 Å². The average Bonchev–Trinajstić information content (AvgIpc) is 2.15. The van der Waals surface area contributed by atoms with Gasteiger partial charge in [0, 0.05) is 38.8 Å². The highest BCUT2D eigenvalue weighted by Crippen LogP contribution is 1.96. The molecule has 0 saturated heterocycles. The Morgan fingerprint density at radius 1 is 1.54 bits per heavy atom. The summed E-state index contributed by atoms with van der Waals surface area (Å²) in [6.07, 6.45) is 2.58. The van der Waals surface area contributed by atoms with E-state index in [0.29, 0.717) is 0 Å². The Bertz CT molecular complexity index is 272. The fourth-order valence-electron chi connectivity index (χ4n) is 0.986. The fourth-order valence-corrected chi connectivity index (χ4v) is 0.986. The summed E-state index contributed by atoms with van der Waals surface area (Å²) < 4.78 is 0. The second-order valence-electron chi connectivity index (χ2n) is 3.01. The number of carbonyl (C=O) groups excluding carboxylic acids is 1. The number of amides is 1. The monoisotopic (exact) mass is 178 g/mol. The average molecular weight is 178 g/mol. The number of nitrogens with zero attached hydrogens (tertiary/aromatic N) is 2. The summed E-state index contributed by atoms with van der Waals surface area (Å²) in [5.74, 6) is 0.0935. The van der Waals surface area contributed by atoms with Gasteiger partial charge in [-0.25, -0.2) is 0 Å². The first-order chi connectivity index (χ1) is 6.20. The Hall–Kier alpha value is -1.38. The maximum atomic E-state index is 10.9. The SMILES string of the molecule is CC(=O)N(C)CCc1ccccn1. The molecule has 0 aliphatic carbocycles. The van der Waals surface area contributed by atoms with Crippen molar-refractivity contribution in [3.05, 3.63) is 30.1 Å². The zero-order chi connectivity index (χ0) is 9.68. The third-order valence-corrected chi connectivity index (χ3v) is 1.97. The summed E-state index contributed by atoms with van der Waals surface area (Å²) in [6.45, 7) is 2.30. The minimum absolute atomic E-state index is 0.0935. The van der Waals surface area contributed by atoms with Crippen molar-refractivity contribution in [3.63, 3.8) is 0 Å². The molecule has 0 unspecified atom stereocenters. The molecule has 0 saturated carbocycles. The minimum atomic E-state index is 0.0935. The van der Waals surface area contributed by atoms with E-state index in [4.69, 9.17) is 0 Å². The van der Waals surface area contributed by atoms with Crippen molar-refractivity contribution < 1.29 is 4.79 Å².